The van der Waals surface area contributed by atoms with Gasteiger partial charge < -0.3 is 4.74 Å². The molecule has 0 spiro atoms. The van der Waals surface area contributed by atoms with Crippen molar-refractivity contribution >= 4 is 0 Å². The lowest BCUT2D eigenvalue weighted by atomic mass is 9.85. The molecule has 0 radical (unpaired) electrons. The maximum absolute atomic E-state index is 6.05. The van der Waals surface area contributed by atoms with Crippen LogP contribution in [0.25, 0.3) is 0 Å². The standard InChI is InChI=1S/C18H26O/c1-4-5-6-7-8-10-13-18(19-16-17(2)3)14-11-9-12-15-18/h1H,2,5-9,11-12,14-16H2,3H3. The zero-order valence-electron chi connectivity index (χ0n) is 12.3. The molecule has 0 bridgehead atoms. The van der Waals surface area contributed by atoms with Crippen LogP contribution in [-0.4, -0.2) is 12.2 Å². The van der Waals surface area contributed by atoms with Crippen molar-refractivity contribution in [3.05, 3.63) is 12.2 Å². The highest BCUT2D eigenvalue weighted by Crippen LogP contribution is 2.31. The molecule has 1 aliphatic rings. The average Bonchev–Trinajstić information content (AvgIpc) is 2.42. The number of ether oxygens (including phenoxy) is 1. The monoisotopic (exact) mass is 258 g/mol. The first-order valence-electron chi connectivity index (χ1n) is 7.40. The third-order valence-corrected chi connectivity index (χ3v) is 3.45. The van der Waals surface area contributed by atoms with E-state index in [1.54, 1.807) is 0 Å². The topological polar surface area (TPSA) is 9.23 Å². The predicted molar refractivity (Wildman–Crippen MR) is 81.7 cm³/mol. The summed E-state index contributed by atoms with van der Waals surface area (Å²) in [5.41, 5.74) is 0.865. The Bertz CT molecular complexity index is 369. The van der Waals surface area contributed by atoms with E-state index in [1.807, 2.05) is 6.92 Å². The average molecular weight is 258 g/mol. The first-order valence-corrected chi connectivity index (χ1v) is 7.40. The van der Waals surface area contributed by atoms with Gasteiger partial charge in [0.15, 0.2) is 0 Å². The van der Waals surface area contributed by atoms with E-state index in [4.69, 9.17) is 11.2 Å². The molecule has 104 valence electrons. The molecule has 1 fully saturated rings. The van der Waals surface area contributed by atoms with Crippen LogP contribution in [0.1, 0.15) is 64.7 Å². The van der Waals surface area contributed by atoms with E-state index >= 15 is 0 Å². The lowest BCUT2D eigenvalue weighted by Gasteiger charge is -2.32. The summed E-state index contributed by atoms with van der Waals surface area (Å²) in [6, 6.07) is 0. The van der Waals surface area contributed by atoms with Gasteiger partial charge in [-0.2, -0.15) is 0 Å². The van der Waals surface area contributed by atoms with E-state index in [-0.39, 0.29) is 5.60 Å². The minimum absolute atomic E-state index is 0.205. The maximum Gasteiger partial charge on any atom is 0.129 e. The summed E-state index contributed by atoms with van der Waals surface area (Å²) in [6.07, 6.45) is 15.1. The highest BCUT2D eigenvalue weighted by atomic mass is 16.5. The summed E-state index contributed by atoms with van der Waals surface area (Å²) in [5, 5.41) is 0. The third-order valence-electron chi connectivity index (χ3n) is 3.45. The minimum Gasteiger partial charge on any atom is -0.358 e. The van der Waals surface area contributed by atoms with Gasteiger partial charge in [0.1, 0.15) is 5.60 Å². The molecule has 1 rings (SSSR count). The second kappa shape index (κ2) is 8.84. The summed E-state index contributed by atoms with van der Waals surface area (Å²) < 4.78 is 6.05. The zero-order valence-corrected chi connectivity index (χ0v) is 12.3. The first-order chi connectivity index (χ1) is 9.18. The van der Waals surface area contributed by atoms with Gasteiger partial charge in [-0.3, -0.25) is 0 Å². The lowest BCUT2D eigenvalue weighted by Crippen LogP contribution is -2.34. The Morgan fingerprint density at radius 2 is 1.89 bits per heavy atom. The molecule has 1 nitrogen and oxygen atoms in total. The summed E-state index contributed by atoms with van der Waals surface area (Å²) >= 11 is 0. The van der Waals surface area contributed by atoms with Gasteiger partial charge in [-0.05, 0) is 45.4 Å². The summed E-state index contributed by atoms with van der Waals surface area (Å²) in [6.45, 7) is 6.54. The Morgan fingerprint density at radius 1 is 1.21 bits per heavy atom. The normalized spacial score (nSPS) is 17.1. The molecule has 0 N–H and O–H groups in total. The van der Waals surface area contributed by atoms with E-state index in [1.165, 1.54) is 19.3 Å². The van der Waals surface area contributed by atoms with Gasteiger partial charge in [0.05, 0.1) is 6.61 Å². The molecule has 0 saturated heterocycles. The molecule has 0 heterocycles. The van der Waals surface area contributed by atoms with Gasteiger partial charge in [0.2, 0.25) is 0 Å². The Balaban J connectivity index is 2.47. The van der Waals surface area contributed by atoms with Crippen molar-refractivity contribution in [3.8, 4) is 24.2 Å². The molecule has 1 aliphatic carbocycles. The van der Waals surface area contributed by atoms with Crippen LogP contribution in [0.3, 0.4) is 0 Å². The van der Waals surface area contributed by atoms with Crippen molar-refractivity contribution in [2.75, 3.05) is 6.61 Å². The van der Waals surface area contributed by atoms with Crippen molar-refractivity contribution in [1.82, 2.24) is 0 Å². The number of unbranched alkanes of at least 4 members (excludes halogenated alkanes) is 3. The highest BCUT2D eigenvalue weighted by Gasteiger charge is 2.30. The van der Waals surface area contributed by atoms with E-state index < -0.39 is 0 Å². The maximum atomic E-state index is 6.05. The molecule has 0 amide bonds. The number of hydrogen-bond acceptors (Lipinski definition) is 1. The van der Waals surface area contributed by atoms with Crippen LogP contribution in [0.2, 0.25) is 0 Å². The van der Waals surface area contributed by atoms with Crippen molar-refractivity contribution in [2.45, 2.75) is 70.3 Å². The number of rotatable bonds is 6. The number of terminal acetylenes is 1. The van der Waals surface area contributed by atoms with Gasteiger partial charge >= 0.3 is 0 Å². The zero-order chi connectivity index (χ0) is 14.0. The Hall–Kier alpha value is -1.18. The van der Waals surface area contributed by atoms with Gasteiger partial charge in [0, 0.05) is 12.8 Å². The fourth-order valence-corrected chi connectivity index (χ4v) is 2.35. The van der Waals surface area contributed by atoms with E-state index in [2.05, 4.69) is 24.3 Å². The highest BCUT2D eigenvalue weighted by molar-refractivity contribution is 5.16. The predicted octanol–water partition coefficient (Wildman–Crippen LogP) is 4.48. The Morgan fingerprint density at radius 3 is 2.53 bits per heavy atom. The first kappa shape index (κ1) is 15.9. The molecule has 0 aliphatic heterocycles. The van der Waals surface area contributed by atoms with Gasteiger partial charge in [-0.25, -0.2) is 0 Å². The molecule has 1 heteroatoms. The fraction of sp³-hybridized carbons (Fsp3) is 0.667. The quantitative estimate of drug-likeness (QED) is 0.388. The molecule has 0 aromatic rings. The van der Waals surface area contributed by atoms with Crippen LogP contribution < -0.4 is 0 Å². The van der Waals surface area contributed by atoms with Crippen LogP contribution in [0, 0.1) is 24.2 Å². The smallest absolute Gasteiger partial charge is 0.129 e. The van der Waals surface area contributed by atoms with Gasteiger partial charge in [0.25, 0.3) is 0 Å². The fourth-order valence-electron chi connectivity index (χ4n) is 2.35. The van der Waals surface area contributed by atoms with Crippen molar-refractivity contribution in [2.24, 2.45) is 0 Å². The Kier molecular flexibility index (Phi) is 7.39. The van der Waals surface area contributed by atoms with E-state index in [9.17, 15) is 0 Å². The van der Waals surface area contributed by atoms with E-state index in [0.717, 1.165) is 44.1 Å². The van der Waals surface area contributed by atoms with Crippen LogP contribution in [0.4, 0.5) is 0 Å². The second-order valence-corrected chi connectivity index (χ2v) is 5.51. The molecule has 0 atom stereocenters. The Labute approximate surface area is 118 Å². The molecule has 0 aromatic carbocycles. The second-order valence-electron chi connectivity index (χ2n) is 5.51. The lowest BCUT2D eigenvalue weighted by molar-refractivity contribution is -0.0139. The van der Waals surface area contributed by atoms with E-state index in [0.29, 0.717) is 6.61 Å². The third kappa shape index (κ3) is 6.51. The van der Waals surface area contributed by atoms with Crippen LogP contribution >= 0.6 is 0 Å². The largest absolute Gasteiger partial charge is 0.358 e. The minimum atomic E-state index is -0.205. The summed E-state index contributed by atoms with van der Waals surface area (Å²) in [5.74, 6) is 9.37. The summed E-state index contributed by atoms with van der Waals surface area (Å²) in [7, 11) is 0. The molecular formula is C18H26O. The number of hydrogen-bond donors (Lipinski definition) is 0. The van der Waals surface area contributed by atoms with Crippen molar-refractivity contribution < 1.29 is 4.74 Å². The van der Waals surface area contributed by atoms with Crippen LogP contribution in [0.15, 0.2) is 12.2 Å². The van der Waals surface area contributed by atoms with Gasteiger partial charge in [-0.1, -0.05) is 24.5 Å². The van der Waals surface area contributed by atoms with Crippen molar-refractivity contribution in [3.63, 3.8) is 0 Å². The SMILES string of the molecule is C#CCCCCC#CC1(OCC(=C)C)CCCCC1. The van der Waals surface area contributed by atoms with Gasteiger partial charge in [-0.15, -0.1) is 18.3 Å². The molecule has 0 aromatic heterocycles. The molecule has 0 unspecified atom stereocenters. The molecule has 1 saturated carbocycles. The van der Waals surface area contributed by atoms with Crippen molar-refractivity contribution in [1.29, 1.82) is 0 Å². The summed E-state index contributed by atoms with van der Waals surface area (Å²) in [4.78, 5) is 0. The van der Waals surface area contributed by atoms with Crippen LogP contribution in [-0.2, 0) is 4.74 Å². The molecule has 19 heavy (non-hydrogen) atoms. The van der Waals surface area contributed by atoms with Crippen LogP contribution in [0.5, 0.6) is 0 Å². The molecular weight excluding hydrogens is 232 g/mol.